The van der Waals surface area contributed by atoms with Gasteiger partial charge in [0.1, 0.15) is 0 Å². The van der Waals surface area contributed by atoms with E-state index in [9.17, 15) is 0 Å². The van der Waals surface area contributed by atoms with Gasteiger partial charge in [-0.1, -0.05) is 11.2 Å². The molecule has 1 aliphatic rings. The summed E-state index contributed by atoms with van der Waals surface area (Å²) in [5.41, 5.74) is 0. The normalized spacial score (nSPS) is 28.4. The van der Waals surface area contributed by atoms with E-state index < -0.39 is 21.1 Å². The van der Waals surface area contributed by atoms with E-state index in [4.69, 9.17) is 68.5 Å². The fourth-order valence-electron chi connectivity index (χ4n) is 0.365. The smallest absolute Gasteiger partial charge is 1.00 e. The van der Waals surface area contributed by atoms with Crippen molar-refractivity contribution < 1.29 is 37.2 Å². The maximum absolute atomic E-state index is 5.78. The van der Waals surface area contributed by atoms with E-state index in [1.807, 2.05) is 0 Å². The standard InChI is InChI=1S/Al.Cl6N3P3.3ClH/c;1-8-10(3)7-12(5,6)9(2)11(8)4;;;/h;;3*1H/q+3;;;;/p-3. The Hall–Kier alpha value is 4.15. The molecule has 1 aliphatic heterocycles. The summed E-state index contributed by atoms with van der Waals surface area (Å²) in [5.74, 6) is -2.74. The Labute approximate surface area is 155 Å². The van der Waals surface area contributed by atoms with Crippen LogP contribution in [-0.2, 0) is 0 Å². The third-order valence-electron chi connectivity index (χ3n) is 0.789. The molecule has 0 radical (unpaired) electrons. The van der Waals surface area contributed by atoms with Gasteiger partial charge in [-0.3, -0.25) is 0 Å². The van der Waals surface area contributed by atoms with Crippen LogP contribution in [0.4, 0.5) is 0 Å². The van der Waals surface area contributed by atoms with E-state index in [1.54, 1.807) is 0 Å². The van der Waals surface area contributed by atoms with Gasteiger partial charge in [0, 0.05) is 0 Å². The zero-order chi connectivity index (χ0) is 9.52. The number of nitrogens with zero attached hydrogens (tertiary/aromatic N) is 3. The van der Waals surface area contributed by atoms with E-state index in [0.29, 0.717) is 0 Å². The largest absolute Gasteiger partial charge is 3.00 e. The van der Waals surface area contributed by atoms with Gasteiger partial charge in [-0.15, -0.1) is 7.92 Å². The molecule has 2 atom stereocenters. The van der Waals surface area contributed by atoms with Gasteiger partial charge in [-0.05, 0) is 57.3 Å². The van der Waals surface area contributed by atoms with Crippen LogP contribution in [0, 0.1) is 0 Å². The van der Waals surface area contributed by atoms with Gasteiger partial charge in [0.05, 0.1) is 0 Å². The van der Waals surface area contributed by atoms with Crippen molar-refractivity contribution in [3.05, 3.63) is 0 Å². The van der Waals surface area contributed by atoms with Gasteiger partial charge >= 0.3 is 17.4 Å². The van der Waals surface area contributed by atoms with Crippen molar-refractivity contribution in [1.82, 2.24) is 7.92 Å². The predicted octanol–water partition coefficient (Wildman–Crippen LogP) is -3.10. The zero-order valence-electron chi connectivity index (χ0n) is 6.66. The van der Waals surface area contributed by atoms with Crippen molar-refractivity contribution in [3.63, 3.8) is 0 Å². The van der Waals surface area contributed by atoms with Crippen molar-refractivity contribution in [1.29, 1.82) is 0 Å². The number of hydrogen-bond donors (Lipinski definition) is 0. The molecule has 1 heterocycles. The summed E-state index contributed by atoms with van der Waals surface area (Å²) in [4.78, 5) is 0. The molecule has 16 heavy (non-hydrogen) atoms. The van der Waals surface area contributed by atoms with Crippen LogP contribution in [-0.4, -0.2) is 25.3 Å². The van der Waals surface area contributed by atoms with E-state index in [-0.39, 0.29) is 54.6 Å². The first-order valence-corrected chi connectivity index (χ1v) is 10.7. The van der Waals surface area contributed by atoms with Gasteiger partial charge in [0.2, 0.25) is 13.5 Å². The molecule has 0 amide bonds. The molecule has 0 saturated heterocycles. The van der Waals surface area contributed by atoms with Crippen LogP contribution in [0.3, 0.4) is 0 Å². The van der Waals surface area contributed by atoms with Crippen LogP contribution in [0.25, 0.3) is 0 Å². The Bertz CT molecular complexity index is 232. The maximum atomic E-state index is 5.78. The number of rotatable bonds is 0. The van der Waals surface area contributed by atoms with Crippen LogP contribution in [0.5, 0.6) is 0 Å². The molecule has 96 valence electrons. The summed E-state index contributed by atoms with van der Waals surface area (Å²) < 4.78 is 5.98. The monoisotopic (exact) mass is 477 g/mol. The van der Waals surface area contributed by atoms with Crippen LogP contribution in [0.15, 0.2) is 4.52 Å². The summed E-state index contributed by atoms with van der Waals surface area (Å²) in [6.45, 7) is 0. The van der Waals surface area contributed by atoms with E-state index in [2.05, 4.69) is 4.52 Å². The quantitative estimate of drug-likeness (QED) is 0.208. The molecule has 2 unspecified atom stereocenters. The molecule has 0 bridgehead atoms. The van der Waals surface area contributed by atoms with Crippen LogP contribution in [0.1, 0.15) is 0 Å². The molecule has 0 spiro atoms. The maximum Gasteiger partial charge on any atom is 3.00 e. The summed E-state index contributed by atoms with van der Waals surface area (Å²) >= 11 is 34.3. The minimum Gasteiger partial charge on any atom is -1.00 e. The molecule has 0 N–H and O–H groups in total. The minimum absolute atomic E-state index is 0. The average molecular weight is 481 g/mol. The second kappa shape index (κ2) is 11.8. The van der Waals surface area contributed by atoms with Gasteiger partial charge in [0.25, 0.3) is 0 Å². The second-order valence-electron chi connectivity index (χ2n) is 1.51. The molecule has 0 fully saturated rings. The summed E-state index contributed by atoms with van der Waals surface area (Å²) in [6.07, 6.45) is 0. The van der Waals surface area contributed by atoms with Crippen molar-refractivity contribution in [2.75, 3.05) is 0 Å². The average Bonchev–Trinajstić information content (AvgIpc) is 1.97. The predicted molar refractivity (Wildman–Crippen MR) is 67.7 cm³/mol. The fourth-order valence-corrected chi connectivity index (χ4v) is 12.4. The molecular weight excluding hydrogens is 481 g/mol. The molecule has 1 rings (SSSR count). The van der Waals surface area contributed by atoms with E-state index in [0.717, 1.165) is 7.92 Å². The summed E-state index contributed by atoms with van der Waals surface area (Å²) in [7, 11) is -2.94. The molecule has 16 heteroatoms. The fraction of sp³-hybridized carbons (Fsp3) is 0. The van der Waals surface area contributed by atoms with Crippen molar-refractivity contribution in [3.8, 4) is 0 Å². The third kappa shape index (κ3) is 7.24. The number of halogens is 9. The summed E-state index contributed by atoms with van der Waals surface area (Å²) in [5, 5.41) is 0. The first-order chi connectivity index (χ1) is 5.36. The van der Waals surface area contributed by atoms with E-state index in [1.165, 1.54) is 0 Å². The van der Waals surface area contributed by atoms with Gasteiger partial charge in [-0.2, -0.15) is 0 Å². The Balaban J connectivity index is -0.000000180. The Morgan fingerprint density at radius 1 is 1.00 bits per heavy atom. The third-order valence-corrected chi connectivity index (χ3v) is 14.5. The SMILES string of the molecule is ClN1P(Cl)N=P(Cl)(Cl)N(Cl)P1Cl.[Al+3].[Cl-].[Cl-].[Cl-]. The van der Waals surface area contributed by atoms with Gasteiger partial charge in [0.15, 0.2) is 7.58 Å². The Kier molecular flexibility index (Phi) is 20.8. The van der Waals surface area contributed by atoms with Crippen molar-refractivity contribution in [2.24, 2.45) is 4.52 Å². The van der Waals surface area contributed by atoms with Crippen molar-refractivity contribution in [2.45, 2.75) is 0 Å². The van der Waals surface area contributed by atoms with Crippen LogP contribution < -0.4 is 37.2 Å². The topological polar surface area (TPSA) is 18.8 Å². The minimum atomic E-state index is -2.74. The summed E-state index contributed by atoms with van der Waals surface area (Å²) in [6, 6.07) is 0. The second-order valence-corrected chi connectivity index (χ2v) is 13.1. The first-order valence-electron chi connectivity index (χ1n) is 2.21. The molecule has 0 aromatic rings. The van der Waals surface area contributed by atoms with Crippen LogP contribution >= 0.6 is 89.6 Å². The van der Waals surface area contributed by atoms with Crippen molar-refractivity contribution >= 4 is 107 Å². The Morgan fingerprint density at radius 2 is 1.38 bits per heavy atom. The van der Waals surface area contributed by atoms with E-state index >= 15 is 0 Å². The van der Waals surface area contributed by atoms with Gasteiger partial charge < -0.3 is 37.2 Å². The number of hydrogen-bond acceptors (Lipinski definition) is 3. The van der Waals surface area contributed by atoms with Gasteiger partial charge in [-0.25, -0.2) is 4.52 Å². The first kappa shape index (κ1) is 28.3. The molecule has 3 nitrogen and oxygen atoms in total. The molecule has 0 aliphatic carbocycles. The molecular formula is AlCl9N3P3. The zero-order valence-corrected chi connectivity index (χ0v) is 17.3. The van der Waals surface area contributed by atoms with Crippen LogP contribution in [0.2, 0.25) is 0 Å². The molecule has 0 aromatic carbocycles. The molecule has 0 saturated carbocycles. The Morgan fingerprint density at radius 3 is 1.75 bits per heavy atom. The molecule has 0 aromatic heterocycles.